The van der Waals surface area contributed by atoms with Crippen molar-refractivity contribution in [3.8, 4) is 0 Å². The third-order valence-corrected chi connectivity index (χ3v) is 1.78. The van der Waals surface area contributed by atoms with Crippen molar-refractivity contribution in [2.45, 2.75) is 6.42 Å². The van der Waals surface area contributed by atoms with Crippen molar-refractivity contribution in [2.75, 3.05) is 20.1 Å². The molecule has 0 aliphatic rings. The summed E-state index contributed by atoms with van der Waals surface area (Å²) < 4.78 is 0. The molecule has 0 aromatic carbocycles. The van der Waals surface area contributed by atoms with Gasteiger partial charge in [-0.1, -0.05) is 6.07 Å². The van der Waals surface area contributed by atoms with Gasteiger partial charge in [0.05, 0.1) is 6.42 Å². The number of amides is 1. The molecule has 76 valence electrons. The lowest BCUT2D eigenvalue weighted by atomic mass is 10.2. The topological polar surface area (TPSA) is 54.0 Å². The molecule has 14 heavy (non-hydrogen) atoms. The highest BCUT2D eigenvalue weighted by molar-refractivity contribution is 5.78. The number of pyridine rings is 1. The fourth-order valence-electron chi connectivity index (χ4n) is 1.08. The summed E-state index contributed by atoms with van der Waals surface area (Å²) in [5, 5.41) is 5.76. The predicted octanol–water partition coefficient (Wildman–Crippen LogP) is -0.0403. The molecule has 0 saturated heterocycles. The summed E-state index contributed by atoms with van der Waals surface area (Å²) in [5.74, 6) is 0.0354. The fourth-order valence-corrected chi connectivity index (χ4v) is 1.08. The Balaban J connectivity index is 2.27. The van der Waals surface area contributed by atoms with Crippen LogP contribution in [0.1, 0.15) is 5.56 Å². The lowest BCUT2D eigenvalue weighted by molar-refractivity contribution is -0.120. The molecule has 0 aliphatic heterocycles. The van der Waals surface area contributed by atoms with Crippen LogP contribution >= 0.6 is 0 Å². The molecule has 0 bridgehead atoms. The van der Waals surface area contributed by atoms with Gasteiger partial charge >= 0.3 is 0 Å². The Morgan fingerprint density at radius 3 is 3.00 bits per heavy atom. The van der Waals surface area contributed by atoms with E-state index in [2.05, 4.69) is 15.6 Å². The lowest BCUT2D eigenvalue weighted by Gasteiger charge is -2.03. The van der Waals surface area contributed by atoms with Crippen LogP contribution in [-0.4, -0.2) is 31.0 Å². The summed E-state index contributed by atoms with van der Waals surface area (Å²) in [6, 6.07) is 3.72. The van der Waals surface area contributed by atoms with Gasteiger partial charge in [0.25, 0.3) is 0 Å². The second kappa shape index (κ2) is 6.10. The van der Waals surface area contributed by atoms with E-state index in [4.69, 9.17) is 0 Å². The van der Waals surface area contributed by atoms with Crippen molar-refractivity contribution < 1.29 is 4.79 Å². The molecule has 0 atom stereocenters. The molecule has 0 aliphatic carbocycles. The number of nitrogens with zero attached hydrogens (tertiary/aromatic N) is 1. The zero-order chi connectivity index (χ0) is 10.2. The van der Waals surface area contributed by atoms with E-state index in [1.165, 1.54) is 0 Å². The zero-order valence-electron chi connectivity index (χ0n) is 8.29. The summed E-state index contributed by atoms with van der Waals surface area (Å²) >= 11 is 0. The van der Waals surface area contributed by atoms with E-state index in [1.807, 2.05) is 19.2 Å². The molecule has 4 heteroatoms. The quantitative estimate of drug-likeness (QED) is 0.645. The van der Waals surface area contributed by atoms with Gasteiger partial charge in [-0.05, 0) is 18.7 Å². The van der Waals surface area contributed by atoms with Gasteiger partial charge in [-0.2, -0.15) is 0 Å². The van der Waals surface area contributed by atoms with Gasteiger partial charge in [0.2, 0.25) is 5.91 Å². The van der Waals surface area contributed by atoms with Crippen LogP contribution in [0.3, 0.4) is 0 Å². The van der Waals surface area contributed by atoms with E-state index in [0.717, 1.165) is 12.1 Å². The van der Waals surface area contributed by atoms with Crippen molar-refractivity contribution in [1.29, 1.82) is 0 Å². The third kappa shape index (κ3) is 4.00. The number of carbonyl (C=O) groups excluding carboxylic acids is 1. The maximum absolute atomic E-state index is 11.3. The minimum atomic E-state index is 0.0354. The third-order valence-electron chi connectivity index (χ3n) is 1.78. The van der Waals surface area contributed by atoms with Gasteiger partial charge in [-0.15, -0.1) is 0 Å². The monoisotopic (exact) mass is 193 g/mol. The van der Waals surface area contributed by atoms with E-state index < -0.39 is 0 Å². The standard InChI is InChI=1S/C10H15N3O/c1-11-5-6-13-10(14)7-9-3-2-4-12-8-9/h2-4,8,11H,5-7H2,1H3,(H,13,14). The Bertz CT molecular complexity index is 274. The first kappa shape index (κ1) is 10.7. The fraction of sp³-hybridized carbons (Fsp3) is 0.400. The number of rotatable bonds is 5. The first-order valence-electron chi connectivity index (χ1n) is 4.63. The lowest BCUT2D eigenvalue weighted by Crippen LogP contribution is -2.31. The summed E-state index contributed by atoms with van der Waals surface area (Å²) in [6.45, 7) is 1.45. The van der Waals surface area contributed by atoms with Gasteiger partial charge in [0, 0.05) is 25.5 Å². The largest absolute Gasteiger partial charge is 0.355 e. The molecule has 1 heterocycles. The molecule has 1 aromatic heterocycles. The Labute approximate surface area is 83.7 Å². The summed E-state index contributed by atoms with van der Waals surface area (Å²) in [6.07, 6.45) is 3.80. The number of hydrogen-bond donors (Lipinski definition) is 2. The van der Waals surface area contributed by atoms with Gasteiger partial charge in [0.15, 0.2) is 0 Å². The summed E-state index contributed by atoms with van der Waals surface area (Å²) in [5.41, 5.74) is 0.939. The zero-order valence-corrected chi connectivity index (χ0v) is 8.29. The highest BCUT2D eigenvalue weighted by Crippen LogP contribution is 1.95. The highest BCUT2D eigenvalue weighted by atomic mass is 16.1. The molecule has 0 fully saturated rings. The van der Waals surface area contributed by atoms with Crippen molar-refractivity contribution in [2.24, 2.45) is 0 Å². The van der Waals surface area contributed by atoms with Crippen molar-refractivity contribution in [1.82, 2.24) is 15.6 Å². The molecule has 1 amide bonds. The maximum Gasteiger partial charge on any atom is 0.224 e. The first-order chi connectivity index (χ1) is 6.83. The number of likely N-dealkylation sites (N-methyl/N-ethyl adjacent to an activating group) is 1. The van der Waals surface area contributed by atoms with Gasteiger partial charge < -0.3 is 10.6 Å². The van der Waals surface area contributed by atoms with E-state index in [0.29, 0.717) is 13.0 Å². The van der Waals surface area contributed by atoms with E-state index in [9.17, 15) is 4.79 Å². The van der Waals surface area contributed by atoms with Crippen LogP contribution in [0, 0.1) is 0 Å². The molecule has 4 nitrogen and oxygen atoms in total. The minimum Gasteiger partial charge on any atom is -0.355 e. The highest BCUT2D eigenvalue weighted by Gasteiger charge is 2.01. The predicted molar refractivity (Wildman–Crippen MR) is 54.9 cm³/mol. The van der Waals surface area contributed by atoms with Crippen molar-refractivity contribution >= 4 is 5.91 Å². The molecule has 0 spiro atoms. The summed E-state index contributed by atoms with van der Waals surface area (Å²) in [4.78, 5) is 15.3. The van der Waals surface area contributed by atoms with Crippen molar-refractivity contribution in [3.63, 3.8) is 0 Å². The summed E-state index contributed by atoms with van der Waals surface area (Å²) in [7, 11) is 1.85. The smallest absolute Gasteiger partial charge is 0.224 e. The Morgan fingerprint density at radius 1 is 1.50 bits per heavy atom. The Morgan fingerprint density at radius 2 is 2.36 bits per heavy atom. The molecule has 1 rings (SSSR count). The second-order valence-electron chi connectivity index (χ2n) is 2.99. The molecule has 0 radical (unpaired) electrons. The van der Waals surface area contributed by atoms with Crippen LogP contribution in [0.15, 0.2) is 24.5 Å². The van der Waals surface area contributed by atoms with E-state index in [-0.39, 0.29) is 5.91 Å². The number of aromatic nitrogens is 1. The Hall–Kier alpha value is -1.42. The second-order valence-corrected chi connectivity index (χ2v) is 2.99. The van der Waals surface area contributed by atoms with Crippen LogP contribution in [0.25, 0.3) is 0 Å². The molecule has 1 aromatic rings. The van der Waals surface area contributed by atoms with Crippen LogP contribution in [0.2, 0.25) is 0 Å². The molecule has 0 saturated carbocycles. The normalized spacial score (nSPS) is 9.79. The number of hydrogen-bond acceptors (Lipinski definition) is 3. The minimum absolute atomic E-state index is 0.0354. The van der Waals surface area contributed by atoms with Crippen LogP contribution in [0.4, 0.5) is 0 Å². The van der Waals surface area contributed by atoms with E-state index in [1.54, 1.807) is 12.4 Å². The van der Waals surface area contributed by atoms with Gasteiger partial charge in [-0.3, -0.25) is 9.78 Å². The van der Waals surface area contributed by atoms with Gasteiger partial charge in [0.1, 0.15) is 0 Å². The molecule has 2 N–H and O–H groups in total. The SMILES string of the molecule is CNCCNC(=O)Cc1cccnc1. The number of nitrogens with one attached hydrogen (secondary N) is 2. The van der Waals surface area contributed by atoms with Crippen LogP contribution in [0.5, 0.6) is 0 Å². The molecular formula is C10H15N3O. The Kier molecular flexibility index (Phi) is 4.64. The average Bonchev–Trinajstić information content (AvgIpc) is 2.20. The average molecular weight is 193 g/mol. The van der Waals surface area contributed by atoms with Crippen LogP contribution in [-0.2, 0) is 11.2 Å². The van der Waals surface area contributed by atoms with Gasteiger partial charge in [-0.25, -0.2) is 0 Å². The number of carbonyl (C=O) groups is 1. The first-order valence-corrected chi connectivity index (χ1v) is 4.63. The van der Waals surface area contributed by atoms with Crippen molar-refractivity contribution in [3.05, 3.63) is 30.1 Å². The van der Waals surface area contributed by atoms with Crippen LogP contribution < -0.4 is 10.6 Å². The van der Waals surface area contributed by atoms with E-state index >= 15 is 0 Å². The molecular weight excluding hydrogens is 178 g/mol. The molecule has 0 unspecified atom stereocenters. The maximum atomic E-state index is 11.3.